The molecule has 0 unspecified atom stereocenters. The average Bonchev–Trinajstić information content (AvgIpc) is 2.61. The summed E-state index contributed by atoms with van der Waals surface area (Å²) in [6.07, 6.45) is 5.07. The number of ether oxygens (including phenoxy) is 1. The van der Waals surface area contributed by atoms with Crippen molar-refractivity contribution in [1.82, 2.24) is 15.0 Å². The van der Waals surface area contributed by atoms with Crippen LogP contribution in [0.5, 0.6) is 5.88 Å². The van der Waals surface area contributed by atoms with Gasteiger partial charge >= 0.3 is 0 Å². The molecule has 0 aliphatic carbocycles. The summed E-state index contributed by atoms with van der Waals surface area (Å²) in [5, 5.41) is 3.45. The number of pyridine rings is 1. The van der Waals surface area contributed by atoms with Crippen LogP contribution in [0.4, 0.5) is 5.82 Å². The summed E-state index contributed by atoms with van der Waals surface area (Å²) in [7, 11) is 1.59. The summed E-state index contributed by atoms with van der Waals surface area (Å²) in [4.78, 5) is 12.4. The number of aryl methyl sites for hydroxylation is 1. The molecule has 2 heterocycles. The van der Waals surface area contributed by atoms with Crippen LogP contribution in [-0.2, 0) is 0 Å². The Labute approximate surface area is 135 Å². The fourth-order valence-corrected chi connectivity index (χ4v) is 2.35. The number of hydrogen-bond acceptors (Lipinski definition) is 5. The van der Waals surface area contributed by atoms with Gasteiger partial charge in [0.15, 0.2) is 0 Å². The Morgan fingerprint density at radius 2 is 1.65 bits per heavy atom. The maximum Gasteiger partial charge on any atom is 0.218 e. The number of rotatable bonds is 5. The average molecular weight is 306 g/mol. The first-order valence-corrected chi connectivity index (χ1v) is 7.35. The van der Waals surface area contributed by atoms with Crippen LogP contribution in [0.1, 0.15) is 22.7 Å². The molecule has 0 radical (unpaired) electrons. The number of methoxy groups -OCH3 is 1. The summed E-state index contributed by atoms with van der Waals surface area (Å²) in [5.41, 5.74) is 3.49. The Morgan fingerprint density at radius 1 is 0.957 bits per heavy atom. The first kappa shape index (κ1) is 15.0. The molecule has 0 amide bonds. The van der Waals surface area contributed by atoms with Crippen molar-refractivity contribution in [3.05, 3.63) is 77.9 Å². The lowest BCUT2D eigenvalue weighted by molar-refractivity contribution is 0.397. The van der Waals surface area contributed by atoms with Gasteiger partial charge in [0.2, 0.25) is 5.88 Å². The lowest BCUT2D eigenvalue weighted by Crippen LogP contribution is -2.13. The molecule has 0 bridgehead atoms. The van der Waals surface area contributed by atoms with Gasteiger partial charge in [-0.1, -0.05) is 29.8 Å². The molecule has 0 aliphatic rings. The predicted molar refractivity (Wildman–Crippen MR) is 89.5 cm³/mol. The summed E-state index contributed by atoms with van der Waals surface area (Å²) in [6.45, 7) is 2.08. The highest BCUT2D eigenvalue weighted by atomic mass is 16.5. The van der Waals surface area contributed by atoms with Crippen LogP contribution in [0, 0.1) is 6.92 Å². The SMILES string of the molecule is COc1cc(N[C@H](c2ccncc2)c2ccc(C)cc2)ncn1. The van der Waals surface area contributed by atoms with E-state index in [0.717, 1.165) is 11.1 Å². The van der Waals surface area contributed by atoms with E-state index in [9.17, 15) is 0 Å². The zero-order valence-electron chi connectivity index (χ0n) is 13.1. The minimum absolute atomic E-state index is 0.0294. The van der Waals surface area contributed by atoms with Gasteiger partial charge in [-0.05, 0) is 30.2 Å². The zero-order chi connectivity index (χ0) is 16.1. The largest absolute Gasteiger partial charge is 0.481 e. The second-order valence-corrected chi connectivity index (χ2v) is 5.21. The van der Waals surface area contributed by atoms with E-state index in [0.29, 0.717) is 11.7 Å². The van der Waals surface area contributed by atoms with Crippen molar-refractivity contribution in [3.63, 3.8) is 0 Å². The van der Waals surface area contributed by atoms with E-state index in [4.69, 9.17) is 4.74 Å². The minimum Gasteiger partial charge on any atom is -0.481 e. The molecule has 0 aliphatic heterocycles. The molecule has 0 fully saturated rings. The summed E-state index contributed by atoms with van der Waals surface area (Å²) < 4.78 is 5.16. The highest BCUT2D eigenvalue weighted by Crippen LogP contribution is 2.26. The molecule has 1 atom stereocenters. The predicted octanol–water partition coefficient (Wildman–Crippen LogP) is 3.39. The van der Waals surface area contributed by atoms with E-state index in [-0.39, 0.29) is 6.04 Å². The Balaban J connectivity index is 1.96. The molecule has 5 heteroatoms. The molecule has 5 nitrogen and oxygen atoms in total. The maximum absolute atomic E-state index is 5.16. The fraction of sp³-hybridized carbons (Fsp3) is 0.167. The smallest absolute Gasteiger partial charge is 0.218 e. The topological polar surface area (TPSA) is 59.9 Å². The number of anilines is 1. The third-order valence-electron chi connectivity index (χ3n) is 3.59. The Morgan fingerprint density at radius 3 is 2.35 bits per heavy atom. The fourth-order valence-electron chi connectivity index (χ4n) is 2.35. The summed E-state index contributed by atoms with van der Waals surface area (Å²) in [6, 6.07) is 14.2. The Bertz CT molecular complexity index is 759. The van der Waals surface area contributed by atoms with E-state index >= 15 is 0 Å². The van der Waals surface area contributed by atoms with E-state index in [1.54, 1.807) is 25.6 Å². The third kappa shape index (κ3) is 3.63. The molecule has 1 N–H and O–H groups in total. The van der Waals surface area contributed by atoms with Crippen LogP contribution in [0.15, 0.2) is 61.2 Å². The van der Waals surface area contributed by atoms with Gasteiger partial charge in [-0.3, -0.25) is 4.98 Å². The van der Waals surface area contributed by atoms with Crippen molar-refractivity contribution < 1.29 is 4.74 Å². The molecule has 0 saturated heterocycles. The minimum atomic E-state index is -0.0294. The molecule has 2 aromatic heterocycles. The molecule has 116 valence electrons. The van der Waals surface area contributed by atoms with Crippen LogP contribution < -0.4 is 10.1 Å². The number of benzene rings is 1. The highest BCUT2D eigenvalue weighted by molar-refractivity contribution is 5.45. The third-order valence-corrected chi connectivity index (χ3v) is 3.59. The summed E-state index contributed by atoms with van der Waals surface area (Å²) in [5.74, 6) is 1.24. The van der Waals surface area contributed by atoms with Gasteiger partial charge in [0.25, 0.3) is 0 Å². The Kier molecular flexibility index (Phi) is 4.47. The van der Waals surface area contributed by atoms with E-state index < -0.39 is 0 Å². The van der Waals surface area contributed by atoms with Crippen molar-refractivity contribution in [2.24, 2.45) is 0 Å². The number of nitrogens with zero attached hydrogens (tertiary/aromatic N) is 3. The second-order valence-electron chi connectivity index (χ2n) is 5.21. The molecule has 0 saturated carbocycles. The molecule has 0 spiro atoms. The van der Waals surface area contributed by atoms with E-state index in [2.05, 4.69) is 51.5 Å². The van der Waals surface area contributed by atoms with Gasteiger partial charge in [-0.2, -0.15) is 0 Å². The van der Waals surface area contributed by atoms with Gasteiger partial charge in [0.1, 0.15) is 12.1 Å². The van der Waals surface area contributed by atoms with Crippen molar-refractivity contribution >= 4 is 5.82 Å². The monoisotopic (exact) mass is 306 g/mol. The lowest BCUT2D eigenvalue weighted by atomic mass is 9.98. The molecular weight excluding hydrogens is 288 g/mol. The zero-order valence-corrected chi connectivity index (χ0v) is 13.1. The van der Waals surface area contributed by atoms with Crippen LogP contribution in [0.2, 0.25) is 0 Å². The lowest BCUT2D eigenvalue weighted by Gasteiger charge is -2.20. The number of nitrogens with one attached hydrogen (secondary N) is 1. The van der Waals surface area contributed by atoms with Gasteiger partial charge in [0, 0.05) is 18.5 Å². The molecule has 23 heavy (non-hydrogen) atoms. The van der Waals surface area contributed by atoms with Crippen LogP contribution in [0.25, 0.3) is 0 Å². The normalized spacial score (nSPS) is 11.7. The van der Waals surface area contributed by atoms with Gasteiger partial charge in [0.05, 0.1) is 13.2 Å². The second kappa shape index (κ2) is 6.87. The molecule has 3 rings (SSSR count). The standard InChI is InChI=1S/C18H18N4O/c1-13-3-5-14(6-4-13)18(15-7-9-19-10-8-15)22-16-11-17(23-2)21-12-20-16/h3-12,18H,1-2H3,(H,20,21,22)/t18-/m0/s1. The summed E-state index contributed by atoms with van der Waals surface area (Å²) >= 11 is 0. The number of hydrogen-bond donors (Lipinski definition) is 1. The van der Waals surface area contributed by atoms with Gasteiger partial charge in [-0.25, -0.2) is 9.97 Å². The molecule has 1 aromatic carbocycles. The first-order valence-electron chi connectivity index (χ1n) is 7.35. The molecular formula is C18H18N4O. The van der Waals surface area contributed by atoms with Crippen molar-refractivity contribution in [2.75, 3.05) is 12.4 Å². The van der Waals surface area contributed by atoms with Crippen LogP contribution in [0.3, 0.4) is 0 Å². The van der Waals surface area contributed by atoms with Crippen LogP contribution >= 0.6 is 0 Å². The quantitative estimate of drug-likeness (QED) is 0.783. The number of aromatic nitrogens is 3. The maximum atomic E-state index is 5.16. The highest BCUT2D eigenvalue weighted by Gasteiger charge is 2.15. The van der Waals surface area contributed by atoms with E-state index in [1.807, 2.05) is 12.1 Å². The first-order chi connectivity index (χ1) is 11.3. The van der Waals surface area contributed by atoms with Crippen molar-refractivity contribution in [1.29, 1.82) is 0 Å². The van der Waals surface area contributed by atoms with Crippen molar-refractivity contribution in [3.8, 4) is 5.88 Å². The molecule has 3 aromatic rings. The Hall–Kier alpha value is -2.95. The van der Waals surface area contributed by atoms with Gasteiger partial charge in [-0.15, -0.1) is 0 Å². The van der Waals surface area contributed by atoms with Crippen molar-refractivity contribution in [2.45, 2.75) is 13.0 Å². The van der Waals surface area contributed by atoms with E-state index in [1.165, 1.54) is 11.9 Å². The van der Waals surface area contributed by atoms with Gasteiger partial charge < -0.3 is 10.1 Å². The van der Waals surface area contributed by atoms with Crippen LogP contribution in [-0.4, -0.2) is 22.1 Å².